The molecule has 0 unspecified atom stereocenters. The molecule has 1 amide bonds. The number of hydrogen-bond donors (Lipinski definition) is 3. The van der Waals surface area contributed by atoms with Crippen LogP contribution in [0.1, 0.15) is 30.8 Å². The summed E-state index contributed by atoms with van der Waals surface area (Å²) in [5.74, 6) is -1.94. The van der Waals surface area contributed by atoms with E-state index < -0.39 is 23.7 Å². The Morgan fingerprint density at radius 2 is 2.10 bits per heavy atom. The van der Waals surface area contributed by atoms with Gasteiger partial charge in [0.15, 0.2) is 0 Å². The van der Waals surface area contributed by atoms with E-state index in [2.05, 4.69) is 10.3 Å². The highest BCUT2D eigenvalue weighted by atomic mass is 19.1. The third-order valence-corrected chi connectivity index (χ3v) is 3.17. The topological polar surface area (TPSA) is 82.2 Å². The van der Waals surface area contributed by atoms with Crippen LogP contribution in [0, 0.1) is 11.7 Å². The van der Waals surface area contributed by atoms with Gasteiger partial charge in [-0.1, -0.05) is 19.9 Å². The number of aliphatic carboxylic acids is 1. The predicted molar refractivity (Wildman–Crippen MR) is 76.6 cm³/mol. The Bertz CT molecular complexity index is 679. The fourth-order valence-corrected chi connectivity index (χ4v) is 2.17. The van der Waals surface area contributed by atoms with Gasteiger partial charge in [-0.05, 0) is 30.5 Å². The molecule has 21 heavy (non-hydrogen) atoms. The van der Waals surface area contributed by atoms with Gasteiger partial charge >= 0.3 is 5.97 Å². The molecule has 3 N–H and O–H groups in total. The summed E-state index contributed by atoms with van der Waals surface area (Å²) in [6.07, 6.45) is 0.329. The Labute approximate surface area is 121 Å². The van der Waals surface area contributed by atoms with Crippen LogP contribution >= 0.6 is 0 Å². The van der Waals surface area contributed by atoms with Crippen LogP contribution in [0.5, 0.6) is 0 Å². The van der Waals surface area contributed by atoms with Crippen molar-refractivity contribution < 1.29 is 19.1 Å². The number of rotatable bonds is 5. The van der Waals surface area contributed by atoms with Crippen LogP contribution in [0.2, 0.25) is 0 Å². The van der Waals surface area contributed by atoms with Gasteiger partial charge in [-0.2, -0.15) is 0 Å². The molecule has 0 bridgehead atoms. The average Bonchev–Trinajstić information content (AvgIpc) is 2.82. The monoisotopic (exact) mass is 292 g/mol. The van der Waals surface area contributed by atoms with Crippen molar-refractivity contribution in [3.05, 3.63) is 35.8 Å². The van der Waals surface area contributed by atoms with Gasteiger partial charge in [-0.3, -0.25) is 4.79 Å². The van der Waals surface area contributed by atoms with Gasteiger partial charge in [-0.25, -0.2) is 9.18 Å². The van der Waals surface area contributed by atoms with Crippen LogP contribution in [0.4, 0.5) is 4.39 Å². The molecule has 0 saturated heterocycles. The molecule has 112 valence electrons. The molecular formula is C15H17FN2O3. The Morgan fingerprint density at radius 3 is 2.67 bits per heavy atom. The number of carboxylic acids is 1. The van der Waals surface area contributed by atoms with Crippen molar-refractivity contribution in [1.82, 2.24) is 10.3 Å². The van der Waals surface area contributed by atoms with Crippen LogP contribution < -0.4 is 5.32 Å². The number of hydrogen-bond acceptors (Lipinski definition) is 2. The maximum absolute atomic E-state index is 13.6. The summed E-state index contributed by atoms with van der Waals surface area (Å²) in [5.41, 5.74) is 0.640. The van der Waals surface area contributed by atoms with Crippen LogP contribution in [-0.2, 0) is 4.79 Å². The van der Waals surface area contributed by atoms with E-state index >= 15 is 0 Å². The van der Waals surface area contributed by atoms with Crippen molar-refractivity contribution in [1.29, 1.82) is 0 Å². The van der Waals surface area contributed by atoms with E-state index in [1.807, 2.05) is 13.8 Å². The van der Waals surface area contributed by atoms with Crippen LogP contribution in [0.3, 0.4) is 0 Å². The van der Waals surface area contributed by atoms with E-state index in [9.17, 15) is 14.0 Å². The van der Waals surface area contributed by atoms with E-state index in [0.717, 1.165) is 0 Å². The molecule has 6 heteroatoms. The fourth-order valence-electron chi connectivity index (χ4n) is 2.17. The fraction of sp³-hybridized carbons (Fsp3) is 0.333. The van der Waals surface area contributed by atoms with Gasteiger partial charge in [0, 0.05) is 10.9 Å². The summed E-state index contributed by atoms with van der Waals surface area (Å²) in [4.78, 5) is 26.0. The predicted octanol–water partition coefficient (Wildman–Crippen LogP) is 2.54. The van der Waals surface area contributed by atoms with Crippen molar-refractivity contribution in [2.45, 2.75) is 26.3 Å². The Balaban J connectivity index is 2.21. The zero-order chi connectivity index (χ0) is 15.6. The lowest BCUT2D eigenvalue weighted by atomic mass is 10.0. The Kier molecular flexibility index (Phi) is 4.26. The Hall–Kier alpha value is -2.37. The third-order valence-electron chi connectivity index (χ3n) is 3.17. The normalized spacial score (nSPS) is 12.6. The molecule has 0 spiro atoms. The third kappa shape index (κ3) is 3.39. The number of nitrogens with one attached hydrogen (secondary N) is 2. The minimum Gasteiger partial charge on any atom is -0.480 e. The number of carbonyl (C=O) groups excluding carboxylic acids is 1. The quantitative estimate of drug-likeness (QED) is 0.792. The maximum Gasteiger partial charge on any atom is 0.326 e. The highest BCUT2D eigenvalue weighted by molar-refractivity contribution is 5.99. The van der Waals surface area contributed by atoms with Gasteiger partial charge < -0.3 is 15.4 Å². The average molecular weight is 292 g/mol. The minimum atomic E-state index is -1.08. The molecule has 1 aromatic heterocycles. The highest BCUT2D eigenvalue weighted by Gasteiger charge is 2.22. The largest absolute Gasteiger partial charge is 0.480 e. The van der Waals surface area contributed by atoms with Crippen molar-refractivity contribution in [2.24, 2.45) is 5.92 Å². The second-order valence-corrected chi connectivity index (χ2v) is 5.38. The number of carboxylic acid groups (broad SMARTS) is 1. The molecule has 5 nitrogen and oxygen atoms in total. The van der Waals surface area contributed by atoms with E-state index in [4.69, 9.17) is 5.11 Å². The molecule has 0 radical (unpaired) electrons. The molecular weight excluding hydrogens is 275 g/mol. The molecule has 2 rings (SSSR count). The van der Waals surface area contributed by atoms with Crippen molar-refractivity contribution >= 4 is 22.8 Å². The summed E-state index contributed by atoms with van der Waals surface area (Å²) in [6, 6.07) is 4.91. The first kappa shape index (κ1) is 15.0. The highest BCUT2D eigenvalue weighted by Crippen LogP contribution is 2.18. The number of H-pyrrole nitrogens is 1. The number of halogens is 1. The van der Waals surface area contributed by atoms with E-state index in [1.165, 1.54) is 18.2 Å². The lowest BCUT2D eigenvalue weighted by Gasteiger charge is -2.15. The number of aromatic nitrogens is 1. The van der Waals surface area contributed by atoms with E-state index in [-0.39, 0.29) is 11.6 Å². The minimum absolute atomic E-state index is 0.131. The van der Waals surface area contributed by atoms with Gasteiger partial charge in [0.25, 0.3) is 5.91 Å². The van der Waals surface area contributed by atoms with Gasteiger partial charge in [-0.15, -0.1) is 0 Å². The molecule has 0 aliphatic carbocycles. The van der Waals surface area contributed by atoms with Gasteiger partial charge in [0.2, 0.25) is 0 Å². The smallest absolute Gasteiger partial charge is 0.326 e. The first-order chi connectivity index (χ1) is 9.88. The summed E-state index contributed by atoms with van der Waals surface area (Å²) < 4.78 is 13.6. The lowest BCUT2D eigenvalue weighted by molar-refractivity contribution is -0.139. The van der Waals surface area contributed by atoms with Crippen LogP contribution in [0.15, 0.2) is 24.3 Å². The molecule has 1 heterocycles. The number of fused-ring (bicyclic) bond motifs is 1. The van der Waals surface area contributed by atoms with E-state index in [0.29, 0.717) is 17.3 Å². The first-order valence-electron chi connectivity index (χ1n) is 6.69. The molecule has 1 aromatic carbocycles. The Morgan fingerprint density at radius 1 is 1.38 bits per heavy atom. The van der Waals surface area contributed by atoms with Gasteiger partial charge in [0.05, 0.1) is 0 Å². The number of benzene rings is 1. The number of aromatic amines is 1. The molecule has 0 aliphatic heterocycles. The molecule has 0 aliphatic rings. The van der Waals surface area contributed by atoms with Crippen LogP contribution in [-0.4, -0.2) is 28.0 Å². The van der Waals surface area contributed by atoms with Crippen molar-refractivity contribution in [2.75, 3.05) is 0 Å². The molecule has 1 atom stereocenters. The van der Waals surface area contributed by atoms with Crippen molar-refractivity contribution in [3.8, 4) is 0 Å². The SMILES string of the molecule is CC(C)C[C@H](NC(=O)c1cc2c(F)cccc2[nH]1)C(=O)O. The standard InChI is InChI=1S/C15H17FN2O3/c1-8(2)6-13(15(20)21)18-14(19)12-7-9-10(16)4-3-5-11(9)17-12/h3-5,7-8,13,17H,6H2,1-2H3,(H,18,19)(H,20,21)/t13-/m0/s1. The molecule has 0 fully saturated rings. The summed E-state index contributed by atoms with van der Waals surface area (Å²) in [5, 5.41) is 11.9. The molecule has 0 saturated carbocycles. The summed E-state index contributed by atoms with van der Waals surface area (Å²) >= 11 is 0. The maximum atomic E-state index is 13.6. The van der Waals surface area contributed by atoms with Gasteiger partial charge in [0.1, 0.15) is 17.6 Å². The zero-order valence-corrected chi connectivity index (χ0v) is 11.8. The summed E-state index contributed by atoms with van der Waals surface area (Å²) in [7, 11) is 0. The number of carbonyl (C=O) groups is 2. The van der Waals surface area contributed by atoms with Crippen LogP contribution in [0.25, 0.3) is 10.9 Å². The van der Waals surface area contributed by atoms with E-state index in [1.54, 1.807) is 6.07 Å². The lowest BCUT2D eigenvalue weighted by Crippen LogP contribution is -2.41. The summed E-state index contributed by atoms with van der Waals surface area (Å²) in [6.45, 7) is 3.75. The second kappa shape index (κ2) is 5.95. The zero-order valence-electron chi connectivity index (χ0n) is 11.8. The second-order valence-electron chi connectivity index (χ2n) is 5.38. The first-order valence-corrected chi connectivity index (χ1v) is 6.69. The molecule has 2 aromatic rings. The number of amides is 1. The van der Waals surface area contributed by atoms with Crippen molar-refractivity contribution in [3.63, 3.8) is 0 Å².